The van der Waals surface area contributed by atoms with E-state index in [9.17, 15) is 4.79 Å². The van der Waals surface area contributed by atoms with Crippen molar-refractivity contribution >= 4 is 16.9 Å². The van der Waals surface area contributed by atoms with Gasteiger partial charge in [0.2, 0.25) is 0 Å². The molecule has 0 saturated carbocycles. The van der Waals surface area contributed by atoms with E-state index < -0.39 is 0 Å². The normalized spacial score (nSPS) is 23.9. The third-order valence-corrected chi connectivity index (χ3v) is 5.16. The van der Waals surface area contributed by atoms with E-state index in [2.05, 4.69) is 29.2 Å². The number of nitrogens with zero attached hydrogens (tertiary/aromatic N) is 4. The number of hydrogen-bond donors (Lipinski definition) is 1. The molecule has 0 unspecified atom stereocenters. The number of pyridine rings is 1. The molecule has 0 bridgehead atoms. The monoisotopic (exact) mass is 313 g/mol. The van der Waals surface area contributed by atoms with Crippen LogP contribution in [0.5, 0.6) is 0 Å². The molecule has 0 aromatic carbocycles. The Kier molecular flexibility index (Phi) is 3.37. The van der Waals surface area contributed by atoms with E-state index in [1.165, 1.54) is 0 Å². The van der Waals surface area contributed by atoms with Gasteiger partial charge in [-0.05, 0) is 38.7 Å². The SMILES string of the molecule is Cc1nc2c(cnn2C(C)C)cc1C(=O)N1C[C@H]2CNC[C@H]2C1. The minimum atomic E-state index is 0.114. The lowest BCUT2D eigenvalue weighted by atomic mass is 10.0. The zero-order chi connectivity index (χ0) is 16.1. The summed E-state index contributed by atoms with van der Waals surface area (Å²) in [7, 11) is 0. The summed E-state index contributed by atoms with van der Waals surface area (Å²) in [6.07, 6.45) is 1.81. The number of aromatic nitrogens is 3. The van der Waals surface area contributed by atoms with Crippen molar-refractivity contribution in [3.63, 3.8) is 0 Å². The van der Waals surface area contributed by atoms with Gasteiger partial charge in [0.1, 0.15) is 0 Å². The molecule has 2 fully saturated rings. The number of amides is 1. The first-order valence-electron chi connectivity index (χ1n) is 8.39. The van der Waals surface area contributed by atoms with Gasteiger partial charge >= 0.3 is 0 Å². The Bertz CT molecular complexity index is 754. The van der Waals surface area contributed by atoms with E-state index in [0.717, 1.165) is 42.9 Å². The van der Waals surface area contributed by atoms with Gasteiger partial charge in [0, 0.05) is 37.6 Å². The van der Waals surface area contributed by atoms with Crippen molar-refractivity contribution in [2.24, 2.45) is 11.8 Å². The van der Waals surface area contributed by atoms with Gasteiger partial charge in [0.05, 0.1) is 17.5 Å². The maximum atomic E-state index is 12.9. The van der Waals surface area contributed by atoms with E-state index >= 15 is 0 Å². The van der Waals surface area contributed by atoms with Crippen molar-refractivity contribution in [2.45, 2.75) is 26.8 Å². The summed E-state index contributed by atoms with van der Waals surface area (Å²) in [5.74, 6) is 1.34. The molecule has 6 heteroatoms. The first kappa shape index (κ1) is 14.6. The highest BCUT2D eigenvalue weighted by molar-refractivity contribution is 5.98. The lowest BCUT2D eigenvalue weighted by Crippen LogP contribution is -2.32. The third kappa shape index (κ3) is 2.32. The first-order valence-corrected chi connectivity index (χ1v) is 8.39. The molecule has 2 saturated heterocycles. The smallest absolute Gasteiger partial charge is 0.255 e. The van der Waals surface area contributed by atoms with Crippen LogP contribution in [-0.4, -0.2) is 51.8 Å². The zero-order valence-electron chi connectivity index (χ0n) is 13.9. The Hall–Kier alpha value is -1.95. The van der Waals surface area contributed by atoms with Gasteiger partial charge < -0.3 is 10.2 Å². The van der Waals surface area contributed by atoms with Gasteiger partial charge in [-0.15, -0.1) is 0 Å². The van der Waals surface area contributed by atoms with Gasteiger partial charge in [0.15, 0.2) is 5.65 Å². The van der Waals surface area contributed by atoms with Crippen LogP contribution in [0.2, 0.25) is 0 Å². The van der Waals surface area contributed by atoms with Crippen LogP contribution in [0.25, 0.3) is 11.0 Å². The number of hydrogen-bond acceptors (Lipinski definition) is 4. The van der Waals surface area contributed by atoms with Crippen LogP contribution in [0, 0.1) is 18.8 Å². The van der Waals surface area contributed by atoms with Crippen molar-refractivity contribution in [3.8, 4) is 0 Å². The molecule has 0 radical (unpaired) electrons. The second-order valence-electron chi connectivity index (χ2n) is 7.11. The van der Waals surface area contributed by atoms with Crippen LogP contribution in [0.1, 0.15) is 35.9 Å². The molecule has 2 aliphatic heterocycles. The number of likely N-dealkylation sites (tertiary alicyclic amines) is 1. The second-order valence-corrected chi connectivity index (χ2v) is 7.11. The molecule has 0 aliphatic carbocycles. The van der Waals surface area contributed by atoms with Gasteiger partial charge in [-0.2, -0.15) is 5.10 Å². The Morgan fingerprint density at radius 2 is 2.00 bits per heavy atom. The second kappa shape index (κ2) is 5.30. The number of nitrogens with one attached hydrogen (secondary N) is 1. The summed E-state index contributed by atoms with van der Waals surface area (Å²) >= 11 is 0. The molecule has 2 aliphatic rings. The molecule has 4 heterocycles. The Balaban J connectivity index is 1.66. The van der Waals surface area contributed by atoms with E-state index in [1.54, 1.807) is 6.20 Å². The maximum absolute atomic E-state index is 12.9. The van der Waals surface area contributed by atoms with Crippen molar-refractivity contribution < 1.29 is 4.79 Å². The van der Waals surface area contributed by atoms with Crippen molar-refractivity contribution in [3.05, 3.63) is 23.5 Å². The van der Waals surface area contributed by atoms with E-state index in [0.29, 0.717) is 17.4 Å². The fourth-order valence-corrected chi connectivity index (χ4v) is 3.85. The molecular formula is C17H23N5O. The molecule has 6 nitrogen and oxygen atoms in total. The van der Waals surface area contributed by atoms with Gasteiger partial charge in [-0.1, -0.05) is 0 Å². The Labute approximate surface area is 135 Å². The first-order chi connectivity index (χ1) is 11.0. The lowest BCUT2D eigenvalue weighted by Gasteiger charge is -2.18. The summed E-state index contributed by atoms with van der Waals surface area (Å²) in [5, 5.41) is 8.75. The molecule has 2 aromatic heterocycles. The minimum Gasteiger partial charge on any atom is -0.338 e. The molecule has 23 heavy (non-hydrogen) atoms. The zero-order valence-corrected chi connectivity index (χ0v) is 13.9. The predicted octanol–water partition coefficient (Wildman–Crippen LogP) is 1.61. The Morgan fingerprint density at radius 3 is 2.65 bits per heavy atom. The fourth-order valence-electron chi connectivity index (χ4n) is 3.85. The summed E-state index contributed by atoms with van der Waals surface area (Å²) in [4.78, 5) is 19.6. The topological polar surface area (TPSA) is 63.1 Å². The van der Waals surface area contributed by atoms with Crippen LogP contribution in [-0.2, 0) is 0 Å². The van der Waals surface area contributed by atoms with Crippen LogP contribution in [0.15, 0.2) is 12.3 Å². The molecule has 4 rings (SSSR count). The van der Waals surface area contributed by atoms with E-state index in [4.69, 9.17) is 0 Å². The highest BCUT2D eigenvalue weighted by atomic mass is 16.2. The van der Waals surface area contributed by atoms with Crippen LogP contribution in [0.3, 0.4) is 0 Å². The van der Waals surface area contributed by atoms with Crippen molar-refractivity contribution in [1.82, 2.24) is 25.0 Å². The highest BCUT2D eigenvalue weighted by Gasteiger charge is 2.38. The molecule has 2 aromatic rings. The number of fused-ring (bicyclic) bond motifs is 2. The standard InChI is InChI=1S/C17H23N5O/c1-10(2)22-16-12(7-19-22)4-15(11(3)20-16)17(23)21-8-13-5-18-6-14(13)9-21/h4,7,10,13-14,18H,5-6,8-9H2,1-3H3/t13-,14+. The van der Waals surface area contributed by atoms with Gasteiger partial charge in [-0.25, -0.2) is 9.67 Å². The molecular weight excluding hydrogens is 290 g/mol. The maximum Gasteiger partial charge on any atom is 0.255 e. The van der Waals surface area contributed by atoms with Crippen molar-refractivity contribution in [1.29, 1.82) is 0 Å². The quantitative estimate of drug-likeness (QED) is 0.915. The minimum absolute atomic E-state index is 0.114. The molecule has 1 amide bonds. The van der Waals surface area contributed by atoms with Crippen LogP contribution >= 0.6 is 0 Å². The summed E-state index contributed by atoms with van der Waals surface area (Å²) < 4.78 is 1.91. The molecule has 0 spiro atoms. The molecule has 2 atom stereocenters. The summed E-state index contributed by atoms with van der Waals surface area (Å²) in [5.41, 5.74) is 2.37. The van der Waals surface area contributed by atoms with Crippen molar-refractivity contribution in [2.75, 3.05) is 26.2 Å². The highest BCUT2D eigenvalue weighted by Crippen LogP contribution is 2.28. The van der Waals surface area contributed by atoms with E-state index in [1.807, 2.05) is 22.6 Å². The van der Waals surface area contributed by atoms with E-state index in [-0.39, 0.29) is 11.9 Å². The lowest BCUT2D eigenvalue weighted by molar-refractivity contribution is 0.0780. The van der Waals surface area contributed by atoms with Gasteiger partial charge in [-0.3, -0.25) is 4.79 Å². The largest absolute Gasteiger partial charge is 0.338 e. The summed E-state index contributed by atoms with van der Waals surface area (Å²) in [6.45, 7) is 9.87. The number of rotatable bonds is 2. The molecule has 1 N–H and O–H groups in total. The molecule has 122 valence electrons. The number of aryl methyl sites for hydroxylation is 1. The average Bonchev–Trinajstić information content (AvgIpc) is 3.18. The van der Waals surface area contributed by atoms with Gasteiger partial charge in [0.25, 0.3) is 5.91 Å². The predicted molar refractivity (Wildman–Crippen MR) is 88.4 cm³/mol. The summed E-state index contributed by atoms with van der Waals surface area (Å²) in [6, 6.07) is 2.21. The number of carbonyl (C=O) groups excluding carboxylic acids is 1. The third-order valence-electron chi connectivity index (χ3n) is 5.16. The Morgan fingerprint density at radius 1 is 1.30 bits per heavy atom. The van der Waals surface area contributed by atoms with Crippen LogP contribution < -0.4 is 5.32 Å². The van der Waals surface area contributed by atoms with Crippen LogP contribution in [0.4, 0.5) is 0 Å². The fraction of sp³-hybridized carbons (Fsp3) is 0.588. The average molecular weight is 313 g/mol. The number of carbonyl (C=O) groups is 1.